The fourth-order valence-electron chi connectivity index (χ4n) is 0.684. The van der Waals surface area contributed by atoms with Gasteiger partial charge < -0.3 is 36.5 Å². The third-order valence-corrected chi connectivity index (χ3v) is 1.18. The molecule has 0 fully saturated rings. The van der Waals surface area contributed by atoms with E-state index < -0.39 is 32.4 Å². The van der Waals surface area contributed by atoms with Crippen molar-refractivity contribution in [1.82, 2.24) is 16.1 Å². The van der Waals surface area contributed by atoms with Crippen molar-refractivity contribution in [3.63, 3.8) is 0 Å². The van der Waals surface area contributed by atoms with Crippen LogP contribution in [0, 0.1) is 30.3 Å². The van der Waals surface area contributed by atoms with Crippen LogP contribution in [0.25, 0.3) is 0 Å². The first-order valence-corrected chi connectivity index (χ1v) is 2.96. The summed E-state index contributed by atoms with van der Waals surface area (Å²) in [5, 5.41) is 30.4. The Bertz CT molecular complexity index is 396. The van der Waals surface area contributed by atoms with E-state index in [4.69, 9.17) is 0 Å². The molecule has 0 aromatic carbocycles. The topological polar surface area (TPSA) is 195 Å². The van der Waals surface area contributed by atoms with Crippen molar-refractivity contribution < 1.29 is 14.8 Å². The van der Waals surface area contributed by atoms with Gasteiger partial charge in [-0.2, -0.15) is 4.98 Å². The SMILES string of the molecule is O=[N+]([O-])c1nc([N+](=O)[O-])c([N+](=O)[O-])[nH]1.[NH4+].[Sn+4]. The Hall–Kier alpha value is -1.83. The Labute approximate surface area is 103 Å². The van der Waals surface area contributed by atoms with Crippen LogP contribution in [-0.2, 0) is 0 Å². The molecule has 0 aliphatic carbocycles. The summed E-state index contributed by atoms with van der Waals surface area (Å²) in [7, 11) is 0. The van der Waals surface area contributed by atoms with E-state index in [0.717, 1.165) is 0 Å². The largest absolute Gasteiger partial charge is 4.00 e. The van der Waals surface area contributed by atoms with Crippen molar-refractivity contribution in [3.8, 4) is 0 Å². The normalized spacial score (nSPS) is 8.50. The smallest absolute Gasteiger partial charge is 0.389 e. The molecule has 0 aliphatic rings. The second-order valence-electron chi connectivity index (χ2n) is 2.00. The second kappa shape index (κ2) is 5.91. The van der Waals surface area contributed by atoms with Crippen LogP contribution in [0.4, 0.5) is 17.6 Å². The van der Waals surface area contributed by atoms with Crippen LogP contribution in [0.5, 0.6) is 0 Å². The van der Waals surface area contributed by atoms with Gasteiger partial charge in [-0.1, -0.05) is 0 Å². The first-order chi connectivity index (χ1) is 6.43. The second-order valence-corrected chi connectivity index (χ2v) is 2.00. The summed E-state index contributed by atoms with van der Waals surface area (Å²) in [6, 6.07) is 0. The van der Waals surface area contributed by atoms with Crippen molar-refractivity contribution in [2.45, 2.75) is 0 Å². The van der Waals surface area contributed by atoms with Gasteiger partial charge in [-0.3, -0.25) is 0 Å². The summed E-state index contributed by atoms with van der Waals surface area (Å²) in [5.41, 5.74) is 0. The summed E-state index contributed by atoms with van der Waals surface area (Å²) in [4.78, 5) is 31.4. The number of aromatic amines is 1. The summed E-state index contributed by atoms with van der Waals surface area (Å²) >= 11 is 0. The Morgan fingerprint density at radius 3 is 1.75 bits per heavy atom. The van der Waals surface area contributed by atoms with Gasteiger partial charge in [0.25, 0.3) is 0 Å². The zero-order chi connectivity index (χ0) is 10.9. The minimum atomic E-state index is -1.18. The number of aromatic nitrogens is 2. The van der Waals surface area contributed by atoms with Crippen molar-refractivity contribution in [3.05, 3.63) is 30.3 Å². The van der Waals surface area contributed by atoms with E-state index in [1.165, 1.54) is 0 Å². The molecule has 0 radical (unpaired) electrons. The monoisotopic (exact) mass is 341 g/mol. The van der Waals surface area contributed by atoms with Gasteiger partial charge in [-0.25, -0.2) is 0 Å². The van der Waals surface area contributed by atoms with Gasteiger partial charge in [0.2, 0.25) is 0 Å². The molecule has 1 aromatic heterocycles. The Morgan fingerprint density at radius 2 is 1.50 bits per heavy atom. The molecule has 1 aromatic rings. The molecule has 0 aliphatic heterocycles. The molecule has 0 saturated carbocycles. The third kappa shape index (κ3) is 3.09. The molecule has 0 spiro atoms. The number of hydrogen-bond acceptors (Lipinski definition) is 7. The molecular formula is C3H5N6O6Sn+5. The number of nitrogens with zero attached hydrogens (tertiary/aromatic N) is 4. The maximum atomic E-state index is 10.2. The van der Waals surface area contributed by atoms with Gasteiger partial charge in [0.05, 0.1) is 4.98 Å². The van der Waals surface area contributed by atoms with Gasteiger partial charge in [-0.15, -0.1) is 0 Å². The molecule has 0 amide bonds. The maximum absolute atomic E-state index is 10.2. The van der Waals surface area contributed by atoms with Crippen molar-refractivity contribution >= 4 is 41.5 Å². The Morgan fingerprint density at radius 1 is 1.00 bits per heavy atom. The summed E-state index contributed by atoms with van der Waals surface area (Å²) < 4.78 is 0. The van der Waals surface area contributed by atoms with Gasteiger partial charge in [0.1, 0.15) is 0 Å². The molecule has 0 unspecified atom stereocenters. The Kier molecular flexibility index (Phi) is 6.13. The van der Waals surface area contributed by atoms with Crippen LogP contribution in [0.1, 0.15) is 0 Å². The molecule has 16 heavy (non-hydrogen) atoms. The van der Waals surface area contributed by atoms with Crippen LogP contribution >= 0.6 is 0 Å². The van der Waals surface area contributed by atoms with Gasteiger partial charge in [-0.05, 0) is 14.8 Å². The first-order valence-electron chi connectivity index (χ1n) is 2.96. The molecule has 13 heteroatoms. The van der Waals surface area contributed by atoms with Crippen LogP contribution in [0.2, 0.25) is 0 Å². The van der Waals surface area contributed by atoms with E-state index in [1.54, 1.807) is 4.98 Å². The molecule has 1 heterocycles. The van der Waals surface area contributed by atoms with Gasteiger partial charge in [0.15, 0.2) is 0 Å². The maximum Gasteiger partial charge on any atom is 4.00 e. The fraction of sp³-hybridized carbons (Fsp3) is 0. The minimum Gasteiger partial charge on any atom is -0.389 e. The predicted octanol–water partition coefficient (Wildman–Crippen LogP) is 0.130. The molecule has 0 saturated heterocycles. The summed E-state index contributed by atoms with van der Waals surface area (Å²) in [6.45, 7) is 0. The number of nitrogens with one attached hydrogen (secondary N) is 1. The van der Waals surface area contributed by atoms with E-state index in [9.17, 15) is 30.3 Å². The molecular weight excluding hydrogens is 335 g/mol. The van der Waals surface area contributed by atoms with E-state index >= 15 is 0 Å². The fourth-order valence-corrected chi connectivity index (χ4v) is 0.684. The zero-order valence-electron chi connectivity index (χ0n) is 7.74. The molecule has 12 nitrogen and oxygen atoms in total. The van der Waals surface area contributed by atoms with Crippen molar-refractivity contribution in [2.75, 3.05) is 0 Å². The van der Waals surface area contributed by atoms with Crippen molar-refractivity contribution in [1.29, 1.82) is 0 Å². The minimum absolute atomic E-state index is 0. The number of imidazole rings is 1. The predicted molar refractivity (Wildman–Crippen MR) is 50.3 cm³/mol. The van der Waals surface area contributed by atoms with Crippen molar-refractivity contribution in [2.24, 2.45) is 0 Å². The number of rotatable bonds is 3. The molecule has 1 rings (SSSR count). The number of H-pyrrole nitrogens is 1. The van der Waals surface area contributed by atoms with E-state index in [2.05, 4.69) is 4.98 Å². The average molecular weight is 340 g/mol. The summed E-state index contributed by atoms with van der Waals surface area (Å²) in [6.07, 6.45) is 0. The molecule has 0 atom stereocenters. The standard InChI is InChI=1S/C3HN5O6.H3N.Sn/c9-6(10)1-2(7(11)12)5-3(4-1)8(13)14;;/h(H,4,5);1H3;/q;;+4/p+1. The number of hydrogen-bond donors (Lipinski definition) is 2. The van der Waals surface area contributed by atoms with E-state index in [1.807, 2.05) is 0 Å². The van der Waals surface area contributed by atoms with Crippen LogP contribution < -0.4 is 6.15 Å². The molecule has 0 bridgehead atoms. The number of quaternary nitrogens is 1. The first kappa shape index (κ1) is 16.6. The van der Waals surface area contributed by atoms with E-state index in [-0.39, 0.29) is 30.1 Å². The Balaban J connectivity index is 0. The average Bonchev–Trinajstić information content (AvgIpc) is 2.47. The quantitative estimate of drug-likeness (QED) is 0.443. The van der Waals surface area contributed by atoms with Gasteiger partial charge >= 0.3 is 41.5 Å². The van der Waals surface area contributed by atoms with Crippen LogP contribution in [-0.4, -0.2) is 48.6 Å². The third-order valence-electron chi connectivity index (χ3n) is 1.18. The zero-order valence-corrected chi connectivity index (χ0v) is 10.6. The summed E-state index contributed by atoms with van der Waals surface area (Å²) in [5.74, 6) is -3.33. The molecule has 5 N–H and O–H groups in total. The van der Waals surface area contributed by atoms with E-state index in [0.29, 0.717) is 0 Å². The van der Waals surface area contributed by atoms with Crippen LogP contribution in [0.3, 0.4) is 0 Å². The van der Waals surface area contributed by atoms with Gasteiger partial charge in [0, 0.05) is 0 Å². The van der Waals surface area contributed by atoms with Crippen LogP contribution in [0.15, 0.2) is 0 Å². The number of nitro groups is 3. The molecule has 82 valence electrons.